The van der Waals surface area contributed by atoms with Crippen molar-refractivity contribution in [3.05, 3.63) is 62.6 Å². The summed E-state index contributed by atoms with van der Waals surface area (Å²) in [6, 6.07) is 9.21. The molecule has 2 N–H and O–H groups in total. The van der Waals surface area contributed by atoms with E-state index in [2.05, 4.69) is 28.3 Å². The van der Waals surface area contributed by atoms with Gasteiger partial charge in [-0.05, 0) is 37.0 Å². The molecule has 0 amide bonds. The highest BCUT2D eigenvalue weighted by Gasteiger charge is 2.37. The van der Waals surface area contributed by atoms with E-state index < -0.39 is 5.92 Å². The molecule has 1 aromatic heterocycles. The van der Waals surface area contributed by atoms with Crippen LogP contribution in [0.3, 0.4) is 0 Å². The first kappa shape index (κ1) is 19.5. The van der Waals surface area contributed by atoms with Gasteiger partial charge in [0.25, 0.3) is 5.56 Å². The molecule has 1 aliphatic heterocycles. The van der Waals surface area contributed by atoms with E-state index >= 15 is 0 Å². The van der Waals surface area contributed by atoms with Crippen molar-refractivity contribution in [1.82, 2.24) is 9.97 Å². The summed E-state index contributed by atoms with van der Waals surface area (Å²) in [5.74, 6) is 1.03. The number of carbonyl (C=O) groups is 1. The molecule has 1 aromatic carbocycles. The highest BCUT2D eigenvalue weighted by Crippen LogP contribution is 2.43. The second-order valence-corrected chi connectivity index (χ2v) is 8.38. The van der Waals surface area contributed by atoms with E-state index in [0.717, 1.165) is 42.7 Å². The van der Waals surface area contributed by atoms with Gasteiger partial charge in [-0.3, -0.25) is 9.59 Å². The van der Waals surface area contributed by atoms with Crippen LogP contribution in [0.2, 0.25) is 0 Å². The Labute approximate surface area is 173 Å². The van der Waals surface area contributed by atoms with Crippen molar-refractivity contribution < 1.29 is 4.79 Å². The number of hydrogen-bond acceptors (Lipinski definition) is 6. The van der Waals surface area contributed by atoms with Gasteiger partial charge in [-0.25, -0.2) is 4.98 Å². The van der Waals surface area contributed by atoms with Crippen molar-refractivity contribution in [2.45, 2.75) is 50.1 Å². The number of aromatic nitrogens is 2. The maximum absolute atomic E-state index is 13.1. The van der Waals surface area contributed by atoms with Crippen LogP contribution in [0.5, 0.6) is 0 Å². The number of unbranched alkanes of at least 4 members (excludes halogenated alkanes) is 1. The monoisotopic (exact) mass is 406 g/mol. The fourth-order valence-electron chi connectivity index (χ4n) is 3.91. The number of ketones is 1. The Kier molecular flexibility index (Phi) is 5.54. The van der Waals surface area contributed by atoms with Crippen LogP contribution in [0.4, 0.5) is 5.82 Å². The third-order valence-corrected chi connectivity index (χ3v) is 6.31. The van der Waals surface area contributed by atoms with Crippen LogP contribution in [-0.4, -0.2) is 21.5 Å². The van der Waals surface area contributed by atoms with Gasteiger partial charge in [-0.1, -0.05) is 37.2 Å². The third kappa shape index (κ3) is 3.73. The number of hydrogen-bond donors (Lipinski definition) is 2. The Balaban J connectivity index is 1.83. The Bertz CT molecular complexity index is 1080. The number of fused-ring (bicyclic) bond motifs is 1. The van der Waals surface area contributed by atoms with Gasteiger partial charge < -0.3 is 10.3 Å². The molecule has 0 saturated carbocycles. The van der Waals surface area contributed by atoms with E-state index in [1.54, 1.807) is 12.1 Å². The molecule has 2 aliphatic rings. The van der Waals surface area contributed by atoms with Crippen molar-refractivity contribution >= 4 is 23.4 Å². The number of nitrogens with zero attached hydrogens (tertiary/aromatic N) is 2. The van der Waals surface area contributed by atoms with Crippen molar-refractivity contribution in [2.24, 2.45) is 0 Å². The second-order valence-electron chi connectivity index (χ2n) is 7.30. The lowest BCUT2D eigenvalue weighted by Gasteiger charge is -2.32. The van der Waals surface area contributed by atoms with Gasteiger partial charge in [0.2, 0.25) is 0 Å². The molecule has 0 fully saturated rings. The average molecular weight is 407 g/mol. The van der Waals surface area contributed by atoms with Crippen molar-refractivity contribution in [2.75, 3.05) is 11.1 Å². The van der Waals surface area contributed by atoms with E-state index in [4.69, 9.17) is 5.26 Å². The Morgan fingerprint density at radius 3 is 2.76 bits per heavy atom. The predicted octanol–water partition coefficient (Wildman–Crippen LogP) is 4.10. The molecular weight excluding hydrogens is 384 g/mol. The smallest absolute Gasteiger partial charge is 0.257 e. The average Bonchev–Trinajstić information content (AvgIpc) is 2.73. The largest absolute Gasteiger partial charge is 0.343 e. The Morgan fingerprint density at radius 2 is 2.03 bits per heavy atom. The molecule has 0 spiro atoms. The molecule has 0 bridgehead atoms. The number of aromatic amines is 1. The van der Waals surface area contributed by atoms with Crippen LogP contribution in [0.15, 0.2) is 45.5 Å². The van der Waals surface area contributed by atoms with Gasteiger partial charge in [-0.15, -0.1) is 0 Å². The van der Waals surface area contributed by atoms with Crippen molar-refractivity contribution in [1.29, 1.82) is 5.26 Å². The fourth-order valence-corrected chi connectivity index (χ4v) is 4.85. The number of allylic oxidation sites excluding steroid dienone is 2. The summed E-state index contributed by atoms with van der Waals surface area (Å²) in [4.78, 5) is 33.4. The lowest BCUT2D eigenvalue weighted by molar-refractivity contribution is -0.116. The van der Waals surface area contributed by atoms with E-state index in [0.29, 0.717) is 34.1 Å². The summed E-state index contributed by atoms with van der Waals surface area (Å²) in [5.41, 5.74) is 3.15. The lowest BCUT2D eigenvalue weighted by atomic mass is 9.76. The number of Topliss-reactive ketones (excluding diaryl/α,β-unsaturated/α-hetero) is 1. The summed E-state index contributed by atoms with van der Waals surface area (Å²) in [6.45, 7) is 2.13. The number of nitriles is 1. The number of H-pyrrole nitrogens is 1. The van der Waals surface area contributed by atoms with E-state index in [1.807, 2.05) is 12.1 Å². The van der Waals surface area contributed by atoms with E-state index in [1.165, 1.54) is 11.8 Å². The fraction of sp³-hybridized carbons (Fsp3) is 0.364. The van der Waals surface area contributed by atoms with Gasteiger partial charge in [0.15, 0.2) is 10.9 Å². The number of nitrogens with one attached hydrogen (secondary N) is 2. The van der Waals surface area contributed by atoms with Crippen LogP contribution >= 0.6 is 11.8 Å². The minimum atomic E-state index is -0.465. The number of carbonyl (C=O) groups excluding carboxylic acids is 1. The molecule has 0 radical (unpaired) electrons. The number of anilines is 1. The molecule has 29 heavy (non-hydrogen) atoms. The standard InChI is InChI=1S/C22H22N4O2S/c1-2-3-11-29-22-25-20-19(21(28)26-22)17(14-9-7-13(12-23)8-10-14)18-15(24-20)5-4-6-16(18)27/h7-10,17H,2-6,11H2,1H3,(H2,24,25,26,28). The minimum Gasteiger partial charge on any atom is -0.343 e. The normalized spacial score (nSPS) is 17.9. The van der Waals surface area contributed by atoms with Gasteiger partial charge >= 0.3 is 0 Å². The summed E-state index contributed by atoms with van der Waals surface area (Å²) < 4.78 is 0. The SMILES string of the molecule is CCCCSc1nc2c(c(=O)[nH]1)C(c1ccc(C#N)cc1)C1=C(CCCC1=O)N2. The van der Waals surface area contributed by atoms with Crippen molar-refractivity contribution in [3.8, 4) is 6.07 Å². The molecule has 0 saturated heterocycles. The maximum atomic E-state index is 13.1. The van der Waals surface area contributed by atoms with Crippen LogP contribution in [0.1, 0.15) is 61.6 Å². The van der Waals surface area contributed by atoms with Gasteiger partial charge in [0, 0.05) is 29.4 Å². The Hall–Kier alpha value is -2.85. The number of rotatable bonds is 5. The molecule has 148 valence electrons. The zero-order valence-electron chi connectivity index (χ0n) is 16.2. The lowest BCUT2D eigenvalue weighted by Crippen LogP contribution is -2.32. The summed E-state index contributed by atoms with van der Waals surface area (Å²) in [6.07, 6.45) is 4.18. The minimum absolute atomic E-state index is 0.0690. The van der Waals surface area contributed by atoms with Crippen LogP contribution in [-0.2, 0) is 4.79 Å². The summed E-state index contributed by atoms with van der Waals surface area (Å²) in [5, 5.41) is 13.0. The number of thioether (sulfide) groups is 1. The highest BCUT2D eigenvalue weighted by atomic mass is 32.2. The Morgan fingerprint density at radius 1 is 1.24 bits per heavy atom. The molecule has 2 heterocycles. The van der Waals surface area contributed by atoms with Gasteiger partial charge in [0.05, 0.1) is 17.2 Å². The van der Waals surface area contributed by atoms with Crippen molar-refractivity contribution in [3.63, 3.8) is 0 Å². The van der Waals surface area contributed by atoms with Gasteiger partial charge in [0.1, 0.15) is 5.82 Å². The molecule has 7 heteroatoms. The third-order valence-electron chi connectivity index (χ3n) is 5.35. The second kappa shape index (κ2) is 8.26. The molecule has 4 rings (SSSR count). The van der Waals surface area contributed by atoms with Crippen LogP contribution in [0.25, 0.3) is 0 Å². The maximum Gasteiger partial charge on any atom is 0.257 e. The zero-order valence-corrected chi connectivity index (χ0v) is 17.1. The number of benzene rings is 1. The van der Waals surface area contributed by atoms with Crippen LogP contribution in [0, 0.1) is 11.3 Å². The van der Waals surface area contributed by atoms with E-state index in [9.17, 15) is 9.59 Å². The first-order valence-corrected chi connectivity index (χ1v) is 10.9. The predicted molar refractivity (Wildman–Crippen MR) is 113 cm³/mol. The zero-order chi connectivity index (χ0) is 20.4. The molecule has 2 aromatic rings. The quantitative estimate of drug-likeness (QED) is 0.441. The first-order chi connectivity index (χ1) is 14.1. The van der Waals surface area contributed by atoms with Crippen LogP contribution < -0.4 is 10.9 Å². The molecule has 6 nitrogen and oxygen atoms in total. The molecular formula is C22H22N4O2S. The first-order valence-electron chi connectivity index (χ1n) is 9.92. The highest BCUT2D eigenvalue weighted by molar-refractivity contribution is 7.99. The summed E-state index contributed by atoms with van der Waals surface area (Å²) in [7, 11) is 0. The van der Waals surface area contributed by atoms with Gasteiger partial charge in [-0.2, -0.15) is 5.26 Å². The molecule has 1 aliphatic carbocycles. The molecule has 1 unspecified atom stereocenters. The molecule has 1 atom stereocenters. The van der Waals surface area contributed by atoms with E-state index in [-0.39, 0.29) is 11.3 Å². The summed E-state index contributed by atoms with van der Waals surface area (Å²) >= 11 is 1.54. The topological polar surface area (TPSA) is 98.6 Å².